The third kappa shape index (κ3) is 4.44. The highest BCUT2D eigenvalue weighted by atomic mass is 19.4. The summed E-state index contributed by atoms with van der Waals surface area (Å²) in [5.74, 6) is -0.170. The van der Waals surface area contributed by atoms with E-state index in [0.717, 1.165) is 12.1 Å². The first kappa shape index (κ1) is 13.5. The van der Waals surface area contributed by atoms with E-state index in [1.165, 1.54) is 19.2 Å². The predicted octanol–water partition coefficient (Wildman–Crippen LogP) is 1.54. The third-order valence-electron chi connectivity index (χ3n) is 2.17. The summed E-state index contributed by atoms with van der Waals surface area (Å²) in [5.41, 5.74) is 0.0226. The Morgan fingerprint density at radius 2 is 1.82 bits per heavy atom. The maximum atomic E-state index is 12.3. The summed E-state index contributed by atoms with van der Waals surface area (Å²) in [6.07, 6.45) is -4.31. The third-order valence-corrected chi connectivity index (χ3v) is 2.17. The fourth-order valence-electron chi connectivity index (χ4n) is 1.22. The number of amides is 1. The van der Waals surface area contributed by atoms with Crippen molar-refractivity contribution in [1.82, 2.24) is 10.6 Å². The number of halogens is 3. The molecular weight excluding hydrogens is 233 g/mol. The van der Waals surface area contributed by atoms with E-state index in [1.54, 1.807) is 0 Å². The van der Waals surface area contributed by atoms with Crippen LogP contribution in [-0.4, -0.2) is 19.5 Å². The zero-order valence-electron chi connectivity index (χ0n) is 9.27. The highest BCUT2D eigenvalue weighted by Crippen LogP contribution is 2.28. The van der Waals surface area contributed by atoms with Crippen molar-refractivity contribution >= 4 is 5.91 Å². The SMILES string of the molecule is CNC(=O)CNCc1ccc(C(F)(F)F)cc1. The molecule has 0 saturated heterocycles. The fourth-order valence-corrected chi connectivity index (χ4v) is 1.22. The van der Waals surface area contributed by atoms with Crippen LogP contribution in [0.5, 0.6) is 0 Å². The molecule has 6 heteroatoms. The molecule has 3 nitrogen and oxygen atoms in total. The lowest BCUT2D eigenvalue weighted by molar-refractivity contribution is -0.137. The lowest BCUT2D eigenvalue weighted by Crippen LogP contribution is -2.30. The van der Waals surface area contributed by atoms with Crippen molar-refractivity contribution in [3.05, 3.63) is 35.4 Å². The number of alkyl halides is 3. The average molecular weight is 246 g/mol. The van der Waals surface area contributed by atoms with Crippen LogP contribution in [0, 0.1) is 0 Å². The Morgan fingerprint density at radius 1 is 1.24 bits per heavy atom. The van der Waals surface area contributed by atoms with Gasteiger partial charge >= 0.3 is 6.18 Å². The van der Waals surface area contributed by atoms with Gasteiger partial charge in [-0.25, -0.2) is 0 Å². The van der Waals surface area contributed by atoms with Crippen molar-refractivity contribution < 1.29 is 18.0 Å². The summed E-state index contributed by atoms with van der Waals surface area (Å²) in [6.45, 7) is 0.489. The fraction of sp³-hybridized carbons (Fsp3) is 0.364. The van der Waals surface area contributed by atoms with Crippen LogP contribution in [0.3, 0.4) is 0 Å². The minimum atomic E-state index is -4.31. The Morgan fingerprint density at radius 3 is 2.29 bits per heavy atom. The van der Waals surface area contributed by atoms with Crippen molar-refractivity contribution in [2.75, 3.05) is 13.6 Å². The monoisotopic (exact) mass is 246 g/mol. The summed E-state index contributed by atoms with van der Waals surface area (Å²) < 4.78 is 36.8. The smallest absolute Gasteiger partial charge is 0.358 e. The second-order valence-electron chi connectivity index (χ2n) is 3.47. The van der Waals surface area contributed by atoms with E-state index in [1.807, 2.05) is 0 Å². The molecule has 0 aliphatic carbocycles. The highest BCUT2D eigenvalue weighted by molar-refractivity contribution is 5.77. The van der Waals surface area contributed by atoms with E-state index in [2.05, 4.69) is 10.6 Å². The standard InChI is InChI=1S/C11H13F3N2O/c1-15-10(17)7-16-6-8-2-4-9(5-3-8)11(12,13)14/h2-5,16H,6-7H2,1H3,(H,15,17). The largest absolute Gasteiger partial charge is 0.416 e. The van der Waals surface area contributed by atoms with Gasteiger partial charge in [-0.15, -0.1) is 0 Å². The number of nitrogens with one attached hydrogen (secondary N) is 2. The molecule has 0 aliphatic heterocycles. The Kier molecular flexibility index (Phi) is 4.51. The zero-order chi connectivity index (χ0) is 12.9. The van der Waals surface area contributed by atoms with E-state index in [0.29, 0.717) is 12.1 Å². The van der Waals surface area contributed by atoms with Gasteiger partial charge < -0.3 is 10.6 Å². The van der Waals surface area contributed by atoms with Gasteiger partial charge in [-0.2, -0.15) is 13.2 Å². The molecule has 0 fully saturated rings. The van der Waals surface area contributed by atoms with Gasteiger partial charge in [-0.3, -0.25) is 4.79 Å². The van der Waals surface area contributed by atoms with Crippen LogP contribution in [-0.2, 0) is 17.5 Å². The molecule has 1 aromatic rings. The Balaban J connectivity index is 2.49. The highest BCUT2D eigenvalue weighted by Gasteiger charge is 2.29. The summed E-state index contributed by atoms with van der Waals surface area (Å²) in [7, 11) is 1.52. The molecule has 1 aromatic carbocycles. The second kappa shape index (κ2) is 5.67. The molecule has 1 amide bonds. The first-order valence-corrected chi connectivity index (χ1v) is 5.01. The maximum Gasteiger partial charge on any atom is 0.416 e. The second-order valence-corrected chi connectivity index (χ2v) is 3.47. The number of hydrogen-bond donors (Lipinski definition) is 2. The van der Waals surface area contributed by atoms with Crippen LogP contribution in [0.2, 0.25) is 0 Å². The number of rotatable bonds is 4. The number of likely N-dealkylation sites (N-methyl/N-ethyl adjacent to an activating group) is 1. The van der Waals surface area contributed by atoms with Crippen LogP contribution in [0.4, 0.5) is 13.2 Å². The van der Waals surface area contributed by atoms with E-state index >= 15 is 0 Å². The molecule has 0 unspecified atom stereocenters. The molecule has 0 aliphatic rings. The number of benzene rings is 1. The number of carbonyl (C=O) groups is 1. The summed E-state index contributed by atoms with van der Waals surface area (Å²) in [5, 5.41) is 5.25. The van der Waals surface area contributed by atoms with Crippen molar-refractivity contribution in [1.29, 1.82) is 0 Å². The van der Waals surface area contributed by atoms with Crippen LogP contribution < -0.4 is 10.6 Å². The van der Waals surface area contributed by atoms with Gasteiger partial charge in [0.25, 0.3) is 0 Å². The zero-order valence-corrected chi connectivity index (χ0v) is 9.27. The van der Waals surface area contributed by atoms with Crippen LogP contribution in [0.25, 0.3) is 0 Å². The van der Waals surface area contributed by atoms with Gasteiger partial charge in [0.1, 0.15) is 0 Å². The Labute approximate surface area is 97.0 Å². The molecular formula is C11H13F3N2O. The van der Waals surface area contributed by atoms with Gasteiger partial charge in [0.05, 0.1) is 12.1 Å². The molecule has 94 valence electrons. The molecule has 0 radical (unpaired) electrons. The first-order valence-electron chi connectivity index (χ1n) is 5.01. The Bertz CT molecular complexity index is 373. The maximum absolute atomic E-state index is 12.3. The van der Waals surface area contributed by atoms with Gasteiger partial charge in [-0.05, 0) is 17.7 Å². The summed E-state index contributed by atoms with van der Waals surface area (Å²) in [4.78, 5) is 10.9. The molecule has 17 heavy (non-hydrogen) atoms. The van der Waals surface area contributed by atoms with Gasteiger partial charge in [0.2, 0.25) is 5.91 Å². The average Bonchev–Trinajstić information content (AvgIpc) is 2.28. The first-order chi connectivity index (χ1) is 7.93. The minimum absolute atomic E-state index is 0.136. The molecule has 0 bridgehead atoms. The van der Waals surface area contributed by atoms with Crippen LogP contribution in [0.1, 0.15) is 11.1 Å². The molecule has 0 saturated carbocycles. The topological polar surface area (TPSA) is 41.1 Å². The van der Waals surface area contributed by atoms with Crippen molar-refractivity contribution in [2.24, 2.45) is 0 Å². The van der Waals surface area contributed by atoms with Gasteiger partial charge in [-0.1, -0.05) is 12.1 Å². The van der Waals surface area contributed by atoms with Crippen molar-refractivity contribution in [3.8, 4) is 0 Å². The van der Waals surface area contributed by atoms with Crippen molar-refractivity contribution in [3.63, 3.8) is 0 Å². The van der Waals surface area contributed by atoms with E-state index < -0.39 is 11.7 Å². The molecule has 1 rings (SSSR count). The normalized spacial score (nSPS) is 11.3. The molecule has 0 atom stereocenters. The quantitative estimate of drug-likeness (QED) is 0.846. The molecule has 0 aromatic heterocycles. The summed E-state index contributed by atoms with van der Waals surface area (Å²) in [6, 6.07) is 4.83. The minimum Gasteiger partial charge on any atom is -0.358 e. The van der Waals surface area contributed by atoms with Crippen LogP contribution in [0.15, 0.2) is 24.3 Å². The van der Waals surface area contributed by atoms with Gasteiger partial charge in [0, 0.05) is 13.6 Å². The van der Waals surface area contributed by atoms with Crippen molar-refractivity contribution in [2.45, 2.75) is 12.7 Å². The lowest BCUT2D eigenvalue weighted by Gasteiger charge is -2.08. The molecule has 0 heterocycles. The number of carbonyl (C=O) groups excluding carboxylic acids is 1. The van der Waals surface area contributed by atoms with Gasteiger partial charge in [0.15, 0.2) is 0 Å². The molecule has 2 N–H and O–H groups in total. The summed E-state index contributed by atoms with van der Waals surface area (Å²) >= 11 is 0. The number of hydrogen-bond acceptors (Lipinski definition) is 2. The van der Waals surface area contributed by atoms with E-state index in [4.69, 9.17) is 0 Å². The lowest BCUT2D eigenvalue weighted by atomic mass is 10.1. The van der Waals surface area contributed by atoms with E-state index in [9.17, 15) is 18.0 Å². The molecule has 0 spiro atoms. The van der Waals surface area contributed by atoms with Crippen LogP contribution >= 0.6 is 0 Å². The predicted molar refractivity (Wildman–Crippen MR) is 57.2 cm³/mol. The van der Waals surface area contributed by atoms with E-state index in [-0.39, 0.29) is 12.5 Å². The Hall–Kier alpha value is -1.56.